The maximum absolute atomic E-state index is 12.8. The second kappa shape index (κ2) is 10.6. The van der Waals surface area contributed by atoms with Crippen LogP contribution in [0.5, 0.6) is 11.5 Å². The second-order valence-electron chi connectivity index (χ2n) is 7.82. The molecule has 40 heavy (non-hydrogen) atoms. The van der Waals surface area contributed by atoms with Crippen molar-refractivity contribution >= 4 is 45.5 Å². The lowest BCUT2D eigenvalue weighted by atomic mass is 10.1. The Kier molecular flexibility index (Phi) is 7.07. The van der Waals surface area contributed by atoms with Crippen molar-refractivity contribution in [3.05, 3.63) is 124 Å². The average molecular weight is 548 g/mol. The van der Waals surface area contributed by atoms with Gasteiger partial charge in [-0.05, 0) is 24.3 Å². The summed E-state index contributed by atoms with van der Waals surface area (Å²) in [4.78, 5) is 66.3. The molecule has 0 aliphatic heterocycles. The molecule has 0 unspecified atom stereocenters. The van der Waals surface area contributed by atoms with Gasteiger partial charge in [0.05, 0.1) is 31.3 Å². The molecule has 0 N–H and O–H groups in total. The van der Waals surface area contributed by atoms with Crippen molar-refractivity contribution in [2.75, 3.05) is 0 Å². The standard InChI is InChI=1S/C24H12N4O12/c29-23(13-7-10-18(26(33)34)20(11-13)28(37)38)39-21-5-1-4-16-15(21)3-2-6-22(16)40-24(30)17-9-8-14(25(31)32)12-19(17)27(35)36/h1-12H. The smallest absolute Gasteiger partial charge is 0.350 e. The van der Waals surface area contributed by atoms with Gasteiger partial charge in [-0.3, -0.25) is 40.5 Å². The Morgan fingerprint density at radius 1 is 0.550 bits per heavy atom. The minimum Gasteiger partial charge on any atom is -0.422 e. The maximum atomic E-state index is 12.8. The Morgan fingerprint density at radius 3 is 1.62 bits per heavy atom. The predicted molar refractivity (Wildman–Crippen MR) is 133 cm³/mol. The van der Waals surface area contributed by atoms with E-state index in [9.17, 15) is 50.0 Å². The molecule has 0 atom stereocenters. The molecule has 0 amide bonds. The molecule has 0 aromatic heterocycles. The fraction of sp³-hybridized carbons (Fsp3) is 0. The molecule has 4 aromatic rings. The van der Waals surface area contributed by atoms with Crippen LogP contribution in [0.2, 0.25) is 0 Å². The highest BCUT2D eigenvalue weighted by Crippen LogP contribution is 2.35. The van der Waals surface area contributed by atoms with Gasteiger partial charge in [-0.1, -0.05) is 24.3 Å². The number of benzene rings is 4. The molecule has 0 bridgehead atoms. The highest BCUT2D eigenvalue weighted by molar-refractivity contribution is 6.01. The summed E-state index contributed by atoms with van der Waals surface area (Å²) in [5, 5.41) is 45.0. The van der Waals surface area contributed by atoms with Gasteiger partial charge in [0.25, 0.3) is 11.4 Å². The van der Waals surface area contributed by atoms with Gasteiger partial charge in [-0.15, -0.1) is 0 Å². The highest BCUT2D eigenvalue weighted by atomic mass is 16.6. The van der Waals surface area contributed by atoms with E-state index in [-0.39, 0.29) is 27.8 Å². The first-order valence-electron chi connectivity index (χ1n) is 10.8. The molecule has 16 heteroatoms. The average Bonchev–Trinajstić information content (AvgIpc) is 2.92. The van der Waals surface area contributed by atoms with E-state index >= 15 is 0 Å². The van der Waals surface area contributed by atoms with E-state index in [1.165, 1.54) is 36.4 Å². The van der Waals surface area contributed by atoms with Crippen molar-refractivity contribution in [2.45, 2.75) is 0 Å². The fourth-order valence-corrected chi connectivity index (χ4v) is 3.65. The van der Waals surface area contributed by atoms with E-state index < -0.39 is 59.9 Å². The van der Waals surface area contributed by atoms with E-state index in [0.717, 1.165) is 24.3 Å². The minimum atomic E-state index is -1.19. The van der Waals surface area contributed by atoms with Crippen LogP contribution in [0.3, 0.4) is 0 Å². The molecule has 0 heterocycles. The monoisotopic (exact) mass is 548 g/mol. The minimum absolute atomic E-state index is 0.0669. The summed E-state index contributed by atoms with van der Waals surface area (Å²) in [6, 6.07) is 13.4. The van der Waals surface area contributed by atoms with Gasteiger partial charge < -0.3 is 9.47 Å². The molecule has 4 aromatic carbocycles. The Bertz CT molecular complexity index is 1770. The van der Waals surface area contributed by atoms with Gasteiger partial charge in [0.2, 0.25) is 0 Å². The van der Waals surface area contributed by atoms with Crippen LogP contribution >= 0.6 is 0 Å². The first kappa shape index (κ1) is 26.7. The third-order valence-corrected chi connectivity index (χ3v) is 5.46. The number of non-ortho nitro benzene ring substituents is 1. The summed E-state index contributed by atoms with van der Waals surface area (Å²) < 4.78 is 10.7. The molecule has 0 saturated heterocycles. The molecule has 200 valence electrons. The number of nitro groups is 4. The summed E-state index contributed by atoms with van der Waals surface area (Å²) >= 11 is 0. The molecule has 0 spiro atoms. The first-order valence-corrected chi connectivity index (χ1v) is 10.8. The number of ether oxygens (including phenoxy) is 2. The van der Waals surface area contributed by atoms with Gasteiger partial charge in [0.15, 0.2) is 0 Å². The molecular weight excluding hydrogens is 536 g/mol. The van der Waals surface area contributed by atoms with Gasteiger partial charge in [0, 0.05) is 29.0 Å². The molecule has 0 saturated carbocycles. The molecule has 4 rings (SSSR count). The lowest BCUT2D eigenvalue weighted by Gasteiger charge is -2.11. The predicted octanol–water partition coefficient (Wildman–Crippen LogP) is 4.91. The Morgan fingerprint density at radius 2 is 1.10 bits per heavy atom. The van der Waals surface area contributed by atoms with Crippen molar-refractivity contribution in [3.63, 3.8) is 0 Å². The Balaban J connectivity index is 1.66. The van der Waals surface area contributed by atoms with Gasteiger partial charge in [-0.2, -0.15) is 0 Å². The van der Waals surface area contributed by atoms with Crippen LogP contribution in [0, 0.1) is 40.5 Å². The van der Waals surface area contributed by atoms with Crippen LogP contribution in [0.25, 0.3) is 10.8 Å². The lowest BCUT2D eigenvalue weighted by Crippen LogP contribution is -2.12. The molecule has 0 aliphatic rings. The van der Waals surface area contributed by atoms with Crippen molar-refractivity contribution in [1.29, 1.82) is 0 Å². The number of fused-ring (bicyclic) bond motifs is 1. The van der Waals surface area contributed by atoms with Crippen molar-refractivity contribution in [1.82, 2.24) is 0 Å². The summed E-state index contributed by atoms with van der Waals surface area (Å²) in [6.07, 6.45) is 0. The summed E-state index contributed by atoms with van der Waals surface area (Å²) in [5.41, 5.74) is -4.06. The van der Waals surface area contributed by atoms with Crippen LogP contribution in [-0.2, 0) is 0 Å². The van der Waals surface area contributed by atoms with Gasteiger partial charge in [0.1, 0.15) is 17.1 Å². The van der Waals surface area contributed by atoms with E-state index in [1.807, 2.05) is 0 Å². The van der Waals surface area contributed by atoms with Crippen molar-refractivity contribution in [3.8, 4) is 11.5 Å². The Labute approximate surface area is 220 Å². The molecule has 0 aliphatic carbocycles. The van der Waals surface area contributed by atoms with Crippen LogP contribution < -0.4 is 9.47 Å². The van der Waals surface area contributed by atoms with Crippen LogP contribution in [0.4, 0.5) is 22.7 Å². The SMILES string of the molecule is O=C(Oc1cccc2c(OC(=O)c3ccc([N+](=O)[O-])cc3[N+](=O)[O-])cccc12)c1ccc([N+](=O)[O-])c([N+](=O)[O-])c1. The topological polar surface area (TPSA) is 225 Å². The normalized spacial score (nSPS) is 10.5. The van der Waals surface area contributed by atoms with Crippen LogP contribution in [0.1, 0.15) is 20.7 Å². The van der Waals surface area contributed by atoms with Crippen molar-refractivity contribution < 1.29 is 38.8 Å². The summed E-state index contributed by atoms with van der Waals surface area (Å²) in [6.45, 7) is 0. The van der Waals surface area contributed by atoms with Gasteiger partial charge in [-0.25, -0.2) is 9.59 Å². The second-order valence-corrected chi connectivity index (χ2v) is 7.82. The number of nitrogens with zero attached hydrogens (tertiary/aromatic N) is 4. The zero-order valence-electron chi connectivity index (χ0n) is 19.6. The largest absolute Gasteiger partial charge is 0.422 e. The first-order chi connectivity index (χ1) is 19.0. The third kappa shape index (κ3) is 5.21. The third-order valence-electron chi connectivity index (χ3n) is 5.46. The van der Waals surface area contributed by atoms with E-state index in [4.69, 9.17) is 9.47 Å². The lowest BCUT2D eigenvalue weighted by molar-refractivity contribution is -0.422. The van der Waals surface area contributed by atoms with Gasteiger partial charge >= 0.3 is 23.3 Å². The van der Waals surface area contributed by atoms with E-state index in [1.54, 1.807) is 0 Å². The summed E-state index contributed by atoms with van der Waals surface area (Å²) in [7, 11) is 0. The number of esters is 2. The van der Waals surface area contributed by atoms with Crippen molar-refractivity contribution in [2.24, 2.45) is 0 Å². The van der Waals surface area contributed by atoms with E-state index in [2.05, 4.69) is 0 Å². The quantitative estimate of drug-likeness (QED) is 0.124. The van der Waals surface area contributed by atoms with Crippen LogP contribution in [0.15, 0.2) is 72.8 Å². The molecular formula is C24H12N4O12. The van der Waals surface area contributed by atoms with E-state index in [0.29, 0.717) is 12.1 Å². The number of rotatable bonds is 8. The zero-order chi connectivity index (χ0) is 29.1. The fourth-order valence-electron chi connectivity index (χ4n) is 3.65. The molecule has 0 fully saturated rings. The van der Waals surface area contributed by atoms with Crippen LogP contribution in [-0.4, -0.2) is 31.6 Å². The zero-order valence-corrected chi connectivity index (χ0v) is 19.6. The summed E-state index contributed by atoms with van der Waals surface area (Å²) in [5.74, 6) is -2.43. The number of hydrogen-bond donors (Lipinski definition) is 0. The molecule has 0 radical (unpaired) electrons. The number of nitro benzene ring substituents is 4. The highest BCUT2D eigenvalue weighted by Gasteiger charge is 2.28. The Hall–Kier alpha value is -6.32. The number of hydrogen-bond acceptors (Lipinski definition) is 12. The molecule has 16 nitrogen and oxygen atoms in total. The number of carbonyl (C=O) groups excluding carboxylic acids is 2. The number of carbonyl (C=O) groups is 2. The maximum Gasteiger partial charge on any atom is 0.350 e.